The Balaban J connectivity index is 1.84. The Hall–Kier alpha value is -3.14. The smallest absolute Gasteiger partial charge is 0.342 e. The lowest BCUT2D eigenvalue weighted by Gasteiger charge is -2.39. The average molecular weight is 385 g/mol. The zero-order valence-electron chi connectivity index (χ0n) is 16.8. The fourth-order valence-corrected chi connectivity index (χ4v) is 4.73. The van der Waals surface area contributed by atoms with Crippen LogP contribution in [0.4, 0.5) is 5.69 Å². The van der Waals surface area contributed by atoms with E-state index < -0.39 is 5.92 Å². The normalized spacial score (nSPS) is 20.2. The zero-order chi connectivity index (χ0) is 20.3. The Bertz CT molecular complexity index is 1250. The van der Waals surface area contributed by atoms with Gasteiger partial charge < -0.3 is 9.73 Å². The highest BCUT2D eigenvalue weighted by atomic mass is 16.4. The van der Waals surface area contributed by atoms with Crippen LogP contribution >= 0.6 is 0 Å². The van der Waals surface area contributed by atoms with Crippen LogP contribution in [-0.4, -0.2) is 5.78 Å². The lowest BCUT2D eigenvalue weighted by atomic mass is 9.69. The van der Waals surface area contributed by atoms with E-state index in [1.807, 2.05) is 49.4 Å². The summed E-state index contributed by atoms with van der Waals surface area (Å²) in [6.45, 7) is 6.26. The number of para-hydroxylation sites is 1. The topological polar surface area (TPSA) is 59.3 Å². The van der Waals surface area contributed by atoms with Gasteiger partial charge in [0.15, 0.2) is 5.78 Å². The van der Waals surface area contributed by atoms with Crippen molar-refractivity contribution in [3.8, 4) is 0 Å². The van der Waals surface area contributed by atoms with Gasteiger partial charge in [-0.25, -0.2) is 4.79 Å². The van der Waals surface area contributed by atoms with Gasteiger partial charge >= 0.3 is 5.63 Å². The van der Waals surface area contributed by atoms with Gasteiger partial charge in [-0.15, -0.1) is 0 Å². The predicted molar refractivity (Wildman–Crippen MR) is 114 cm³/mol. The largest absolute Gasteiger partial charge is 0.422 e. The van der Waals surface area contributed by atoms with Crippen LogP contribution < -0.4 is 10.9 Å². The van der Waals surface area contributed by atoms with Crippen molar-refractivity contribution in [2.75, 3.05) is 5.32 Å². The Morgan fingerprint density at radius 1 is 1.00 bits per heavy atom. The molecule has 0 fully saturated rings. The molecule has 0 bridgehead atoms. The number of aryl methyl sites for hydroxylation is 1. The molecule has 1 aliphatic heterocycles. The molecule has 2 heterocycles. The zero-order valence-corrected chi connectivity index (χ0v) is 16.8. The number of Topliss-reactive ketones (excluding diaryl/α,β-unsaturated/α-hetero) is 1. The lowest BCUT2D eigenvalue weighted by molar-refractivity contribution is -0.118. The van der Waals surface area contributed by atoms with E-state index in [4.69, 9.17) is 4.42 Å². The summed E-state index contributed by atoms with van der Waals surface area (Å²) in [5.74, 6) is -0.307. The Morgan fingerprint density at radius 2 is 1.72 bits per heavy atom. The van der Waals surface area contributed by atoms with Gasteiger partial charge in [0.25, 0.3) is 0 Å². The van der Waals surface area contributed by atoms with Crippen LogP contribution in [0.1, 0.15) is 49.3 Å². The number of hydrogen-bond acceptors (Lipinski definition) is 4. The number of fused-ring (bicyclic) bond motifs is 3. The summed E-state index contributed by atoms with van der Waals surface area (Å²) in [5.41, 5.74) is 5.07. The summed E-state index contributed by atoms with van der Waals surface area (Å²) in [4.78, 5) is 26.3. The third-order valence-electron chi connectivity index (χ3n) is 6.03. The molecule has 0 radical (unpaired) electrons. The lowest BCUT2D eigenvalue weighted by Crippen LogP contribution is -2.35. The number of carbonyl (C=O) groups is 1. The van der Waals surface area contributed by atoms with E-state index in [0.29, 0.717) is 23.1 Å². The molecule has 29 heavy (non-hydrogen) atoms. The van der Waals surface area contributed by atoms with Crippen LogP contribution in [0, 0.1) is 12.3 Å². The summed E-state index contributed by atoms with van der Waals surface area (Å²) < 4.78 is 5.66. The highest BCUT2D eigenvalue weighted by Gasteiger charge is 2.42. The maximum atomic E-state index is 13.2. The second kappa shape index (κ2) is 6.18. The van der Waals surface area contributed by atoms with E-state index in [0.717, 1.165) is 34.3 Å². The molecule has 1 N–H and O–H groups in total. The molecule has 146 valence electrons. The van der Waals surface area contributed by atoms with Gasteiger partial charge in [-0.2, -0.15) is 0 Å². The number of ketones is 1. The number of hydrogen-bond donors (Lipinski definition) is 1. The van der Waals surface area contributed by atoms with Crippen LogP contribution in [0.5, 0.6) is 0 Å². The van der Waals surface area contributed by atoms with Gasteiger partial charge in [-0.3, -0.25) is 4.79 Å². The fourth-order valence-electron chi connectivity index (χ4n) is 4.73. The number of nitrogens with one attached hydrogen (secondary N) is 1. The summed E-state index contributed by atoms with van der Waals surface area (Å²) >= 11 is 0. The second-order valence-corrected chi connectivity index (χ2v) is 8.98. The molecule has 0 saturated carbocycles. The van der Waals surface area contributed by atoms with Gasteiger partial charge in [0, 0.05) is 29.0 Å². The highest BCUT2D eigenvalue weighted by molar-refractivity contribution is 6.04. The van der Waals surface area contributed by atoms with E-state index >= 15 is 0 Å². The summed E-state index contributed by atoms with van der Waals surface area (Å²) in [5, 5.41) is 4.34. The minimum absolute atomic E-state index is 0.104. The first-order valence-electron chi connectivity index (χ1n) is 10.00. The van der Waals surface area contributed by atoms with E-state index in [1.54, 1.807) is 6.07 Å². The van der Waals surface area contributed by atoms with Crippen LogP contribution in [0.2, 0.25) is 0 Å². The number of benzene rings is 2. The van der Waals surface area contributed by atoms with Crippen molar-refractivity contribution >= 4 is 22.4 Å². The number of anilines is 1. The van der Waals surface area contributed by atoms with Crippen molar-refractivity contribution in [1.82, 2.24) is 0 Å². The molecular formula is C25H23NO3. The van der Waals surface area contributed by atoms with Crippen molar-refractivity contribution in [1.29, 1.82) is 0 Å². The van der Waals surface area contributed by atoms with Crippen LogP contribution in [-0.2, 0) is 4.79 Å². The summed E-state index contributed by atoms with van der Waals surface area (Å²) in [7, 11) is 0. The maximum Gasteiger partial charge on any atom is 0.342 e. The molecule has 1 unspecified atom stereocenters. The SMILES string of the molecule is Cc1ccc(C2C3=C(CC(C)(C)CC3=O)Nc3c2c(=O)oc2ccccc32)cc1. The van der Waals surface area contributed by atoms with Crippen molar-refractivity contribution < 1.29 is 9.21 Å². The molecular weight excluding hydrogens is 362 g/mol. The predicted octanol–water partition coefficient (Wildman–Crippen LogP) is 5.30. The minimum atomic E-state index is -0.411. The first-order valence-corrected chi connectivity index (χ1v) is 10.00. The monoisotopic (exact) mass is 385 g/mol. The highest BCUT2D eigenvalue weighted by Crippen LogP contribution is 2.49. The van der Waals surface area contributed by atoms with Crippen LogP contribution in [0.3, 0.4) is 0 Å². The first-order chi connectivity index (χ1) is 13.8. The van der Waals surface area contributed by atoms with Crippen LogP contribution in [0.25, 0.3) is 11.0 Å². The summed E-state index contributed by atoms with van der Waals surface area (Å²) in [6.07, 6.45) is 1.24. The Kier molecular flexibility index (Phi) is 3.82. The molecule has 1 aliphatic carbocycles. The van der Waals surface area contributed by atoms with E-state index in [2.05, 4.69) is 19.2 Å². The molecule has 3 aromatic rings. The molecule has 0 spiro atoms. The number of rotatable bonds is 1. The van der Waals surface area contributed by atoms with Crippen molar-refractivity contribution in [2.24, 2.45) is 5.41 Å². The Labute approximate surface area is 169 Å². The quantitative estimate of drug-likeness (QED) is 0.577. The van der Waals surface area contributed by atoms with Crippen molar-refractivity contribution in [2.45, 2.75) is 39.5 Å². The first kappa shape index (κ1) is 17.9. The van der Waals surface area contributed by atoms with E-state index in [1.165, 1.54) is 0 Å². The summed E-state index contributed by atoms with van der Waals surface area (Å²) in [6, 6.07) is 15.6. The number of allylic oxidation sites excluding steroid dienone is 2. The van der Waals surface area contributed by atoms with Crippen LogP contribution in [0.15, 0.2) is 69.0 Å². The van der Waals surface area contributed by atoms with Crippen molar-refractivity contribution in [3.63, 3.8) is 0 Å². The maximum absolute atomic E-state index is 13.2. The molecule has 0 saturated heterocycles. The molecule has 1 aromatic heterocycles. The molecule has 2 aromatic carbocycles. The molecule has 1 atom stereocenters. The fraction of sp³-hybridized carbons (Fsp3) is 0.280. The average Bonchev–Trinajstić information content (AvgIpc) is 2.66. The molecule has 4 heteroatoms. The molecule has 4 nitrogen and oxygen atoms in total. The van der Waals surface area contributed by atoms with E-state index in [9.17, 15) is 9.59 Å². The number of carbonyl (C=O) groups excluding carboxylic acids is 1. The molecule has 2 aliphatic rings. The third kappa shape index (κ3) is 2.82. The minimum Gasteiger partial charge on any atom is -0.422 e. The molecule has 0 amide bonds. The van der Waals surface area contributed by atoms with Gasteiger partial charge in [0.1, 0.15) is 5.58 Å². The van der Waals surface area contributed by atoms with Crippen molar-refractivity contribution in [3.05, 3.63) is 86.9 Å². The van der Waals surface area contributed by atoms with Gasteiger partial charge in [0.2, 0.25) is 0 Å². The Morgan fingerprint density at radius 3 is 2.48 bits per heavy atom. The van der Waals surface area contributed by atoms with Gasteiger partial charge in [-0.1, -0.05) is 55.8 Å². The van der Waals surface area contributed by atoms with Gasteiger partial charge in [-0.05, 0) is 36.5 Å². The van der Waals surface area contributed by atoms with E-state index in [-0.39, 0.29) is 16.8 Å². The van der Waals surface area contributed by atoms with Gasteiger partial charge in [0.05, 0.1) is 11.3 Å². The third-order valence-corrected chi connectivity index (χ3v) is 6.03. The standard InChI is InChI=1S/C25H23NO3/c1-14-8-10-15(11-9-14)20-21-17(12-25(2,3)13-18(21)27)26-23-16-6-4-5-7-19(16)29-24(28)22(20)23/h4-11,20,26H,12-13H2,1-3H3. The second-order valence-electron chi connectivity index (χ2n) is 8.98. The molecule has 5 rings (SSSR count).